The van der Waals surface area contributed by atoms with E-state index in [1.54, 1.807) is 12.3 Å². The maximum absolute atomic E-state index is 9.12. The summed E-state index contributed by atoms with van der Waals surface area (Å²) in [6.07, 6.45) is 3.27. The molecule has 0 aliphatic heterocycles. The second-order valence-electron chi connectivity index (χ2n) is 3.91. The van der Waals surface area contributed by atoms with Crippen molar-refractivity contribution < 1.29 is 5.11 Å². The monoisotopic (exact) mass is 203 g/mol. The summed E-state index contributed by atoms with van der Waals surface area (Å²) in [5.74, 6) is 0.554. The summed E-state index contributed by atoms with van der Waals surface area (Å²) < 4.78 is 0. The molecule has 1 saturated carbocycles. The predicted octanol–water partition coefficient (Wildman–Crippen LogP) is 1.14. The molecule has 0 atom stereocenters. The zero-order valence-electron chi connectivity index (χ0n) is 8.35. The zero-order valence-corrected chi connectivity index (χ0v) is 8.35. The van der Waals surface area contributed by atoms with Gasteiger partial charge in [0.2, 0.25) is 0 Å². The van der Waals surface area contributed by atoms with Gasteiger partial charge in [0.05, 0.1) is 6.10 Å². The summed E-state index contributed by atoms with van der Waals surface area (Å²) in [6, 6.07) is 5.57. The smallest absolute Gasteiger partial charge is 0.142 e. The van der Waals surface area contributed by atoms with Crippen LogP contribution in [0.4, 0.5) is 5.69 Å². The minimum absolute atomic E-state index is 0.107. The van der Waals surface area contributed by atoms with Gasteiger partial charge in [-0.1, -0.05) is 0 Å². The van der Waals surface area contributed by atoms with Crippen LogP contribution >= 0.6 is 0 Å². The average Bonchev–Trinajstić information content (AvgIpc) is 2.23. The minimum atomic E-state index is -0.107. The van der Waals surface area contributed by atoms with E-state index >= 15 is 0 Å². The molecule has 1 aliphatic carbocycles. The third-order valence-corrected chi connectivity index (χ3v) is 2.68. The minimum Gasteiger partial charge on any atom is -0.393 e. The Morgan fingerprint density at radius 1 is 1.60 bits per heavy atom. The highest BCUT2D eigenvalue weighted by Gasteiger charge is 2.26. The van der Waals surface area contributed by atoms with Crippen molar-refractivity contribution in [2.75, 3.05) is 11.9 Å². The summed E-state index contributed by atoms with van der Waals surface area (Å²) in [5.41, 5.74) is 1.34. The number of hydrogen-bond acceptors (Lipinski definition) is 4. The molecule has 1 aromatic rings. The molecule has 4 nitrogen and oxygen atoms in total. The molecule has 2 rings (SSSR count). The van der Waals surface area contributed by atoms with Crippen molar-refractivity contribution in [2.24, 2.45) is 5.92 Å². The maximum Gasteiger partial charge on any atom is 0.142 e. The van der Waals surface area contributed by atoms with Gasteiger partial charge in [-0.3, -0.25) is 0 Å². The normalized spacial score (nSPS) is 24.0. The molecule has 1 aromatic heterocycles. The molecule has 1 heterocycles. The highest BCUT2D eigenvalue weighted by molar-refractivity contribution is 5.45. The molecule has 4 heteroatoms. The lowest BCUT2D eigenvalue weighted by Gasteiger charge is -2.31. The highest BCUT2D eigenvalue weighted by atomic mass is 16.3. The SMILES string of the molecule is N#Cc1cc(NCC2CC(O)C2)ccn1. The third-order valence-electron chi connectivity index (χ3n) is 2.68. The van der Waals surface area contributed by atoms with E-state index in [4.69, 9.17) is 10.4 Å². The molecule has 0 amide bonds. The summed E-state index contributed by atoms with van der Waals surface area (Å²) in [5, 5.41) is 21.0. The lowest BCUT2D eigenvalue weighted by Crippen LogP contribution is -2.33. The second kappa shape index (κ2) is 4.28. The van der Waals surface area contributed by atoms with Crippen LogP contribution < -0.4 is 5.32 Å². The van der Waals surface area contributed by atoms with Crippen molar-refractivity contribution in [1.29, 1.82) is 5.26 Å². The standard InChI is InChI=1S/C11H13N3O/c12-6-10-5-9(1-2-13-10)14-7-8-3-11(15)4-8/h1-2,5,8,11,15H,3-4,7H2,(H,13,14). The van der Waals surface area contributed by atoms with Crippen molar-refractivity contribution in [3.8, 4) is 6.07 Å². The number of nitriles is 1. The van der Waals surface area contributed by atoms with Crippen LogP contribution in [0.15, 0.2) is 18.3 Å². The molecule has 15 heavy (non-hydrogen) atoms. The van der Waals surface area contributed by atoms with Crippen LogP contribution in [0, 0.1) is 17.2 Å². The molecule has 0 aromatic carbocycles. The van der Waals surface area contributed by atoms with Crippen LogP contribution in [0.5, 0.6) is 0 Å². The van der Waals surface area contributed by atoms with E-state index < -0.39 is 0 Å². The van der Waals surface area contributed by atoms with Gasteiger partial charge in [-0.2, -0.15) is 5.26 Å². The van der Waals surface area contributed by atoms with Gasteiger partial charge in [0.25, 0.3) is 0 Å². The van der Waals surface area contributed by atoms with Gasteiger partial charge in [-0.15, -0.1) is 0 Å². The number of nitrogens with one attached hydrogen (secondary N) is 1. The molecule has 0 radical (unpaired) electrons. The van der Waals surface area contributed by atoms with Gasteiger partial charge in [0, 0.05) is 18.4 Å². The van der Waals surface area contributed by atoms with E-state index in [0.29, 0.717) is 11.6 Å². The van der Waals surface area contributed by atoms with E-state index in [2.05, 4.69) is 10.3 Å². The predicted molar refractivity (Wildman–Crippen MR) is 56.2 cm³/mol. The average molecular weight is 203 g/mol. The van der Waals surface area contributed by atoms with Crippen LogP contribution in [-0.4, -0.2) is 22.7 Å². The van der Waals surface area contributed by atoms with Crippen LogP contribution in [0.25, 0.3) is 0 Å². The Kier molecular flexibility index (Phi) is 2.84. The Bertz CT molecular complexity index is 380. The van der Waals surface area contributed by atoms with E-state index in [1.807, 2.05) is 12.1 Å². The molecular weight excluding hydrogens is 190 g/mol. The molecule has 2 N–H and O–H groups in total. The molecule has 0 bridgehead atoms. The van der Waals surface area contributed by atoms with E-state index in [-0.39, 0.29) is 6.10 Å². The molecule has 0 spiro atoms. The van der Waals surface area contributed by atoms with Crippen molar-refractivity contribution >= 4 is 5.69 Å². The molecule has 78 valence electrons. The van der Waals surface area contributed by atoms with Gasteiger partial charge in [-0.25, -0.2) is 4.98 Å². The number of aliphatic hydroxyl groups is 1. The van der Waals surface area contributed by atoms with Crippen molar-refractivity contribution in [2.45, 2.75) is 18.9 Å². The summed E-state index contributed by atoms with van der Waals surface area (Å²) in [6.45, 7) is 0.853. The fourth-order valence-corrected chi connectivity index (χ4v) is 1.73. The second-order valence-corrected chi connectivity index (χ2v) is 3.91. The Morgan fingerprint density at radius 3 is 3.07 bits per heavy atom. The van der Waals surface area contributed by atoms with Crippen LogP contribution in [0.3, 0.4) is 0 Å². The topological polar surface area (TPSA) is 68.9 Å². The number of anilines is 1. The number of pyridine rings is 1. The van der Waals surface area contributed by atoms with Crippen LogP contribution in [0.1, 0.15) is 18.5 Å². The van der Waals surface area contributed by atoms with Gasteiger partial charge in [0.1, 0.15) is 11.8 Å². The third kappa shape index (κ3) is 2.45. The quantitative estimate of drug-likeness (QED) is 0.772. The Balaban J connectivity index is 1.86. The van der Waals surface area contributed by atoms with Gasteiger partial charge in [0.15, 0.2) is 0 Å². The van der Waals surface area contributed by atoms with Crippen LogP contribution in [0.2, 0.25) is 0 Å². The Labute approximate surface area is 88.6 Å². The number of hydrogen-bond donors (Lipinski definition) is 2. The van der Waals surface area contributed by atoms with E-state index in [0.717, 1.165) is 25.1 Å². The van der Waals surface area contributed by atoms with Gasteiger partial charge < -0.3 is 10.4 Å². The number of rotatable bonds is 3. The van der Waals surface area contributed by atoms with Gasteiger partial charge >= 0.3 is 0 Å². The summed E-state index contributed by atoms with van der Waals surface area (Å²) >= 11 is 0. The Morgan fingerprint density at radius 2 is 2.40 bits per heavy atom. The number of aliphatic hydroxyl groups excluding tert-OH is 1. The fraction of sp³-hybridized carbons (Fsp3) is 0.455. The maximum atomic E-state index is 9.12. The first-order chi connectivity index (χ1) is 7.28. The van der Waals surface area contributed by atoms with Crippen molar-refractivity contribution in [1.82, 2.24) is 4.98 Å². The number of nitrogens with zero attached hydrogens (tertiary/aromatic N) is 2. The zero-order chi connectivity index (χ0) is 10.7. The van der Waals surface area contributed by atoms with E-state index in [1.165, 1.54) is 0 Å². The number of aromatic nitrogens is 1. The first-order valence-corrected chi connectivity index (χ1v) is 5.06. The molecular formula is C11H13N3O. The summed E-state index contributed by atoms with van der Waals surface area (Å²) in [7, 11) is 0. The lowest BCUT2D eigenvalue weighted by atomic mass is 9.82. The van der Waals surface area contributed by atoms with Crippen molar-refractivity contribution in [3.63, 3.8) is 0 Å². The fourth-order valence-electron chi connectivity index (χ4n) is 1.73. The molecule has 1 aliphatic rings. The van der Waals surface area contributed by atoms with Crippen molar-refractivity contribution in [3.05, 3.63) is 24.0 Å². The molecule has 1 fully saturated rings. The van der Waals surface area contributed by atoms with E-state index in [9.17, 15) is 0 Å². The van der Waals surface area contributed by atoms with Gasteiger partial charge in [-0.05, 0) is 30.9 Å². The lowest BCUT2D eigenvalue weighted by molar-refractivity contribution is 0.0487. The largest absolute Gasteiger partial charge is 0.393 e. The first-order valence-electron chi connectivity index (χ1n) is 5.06. The molecule has 0 unspecified atom stereocenters. The highest BCUT2D eigenvalue weighted by Crippen LogP contribution is 2.27. The van der Waals surface area contributed by atoms with Crippen LogP contribution in [-0.2, 0) is 0 Å². The summed E-state index contributed by atoms with van der Waals surface area (Å²) in [4.78, 5) is 3.89. The Hall–Kier alpha value is -1.60. The first kappa shape index (κ1) is 9.94. The molecule has 0 saturated heterocycles.